The zero-order valence-corrected chi connectivity index (χ0v) is 27.3. The fourth-order valence-electron chi connectivity index (χ4n) is 4.31. The van der Waals surface area contributed by atoms with E-state index in [2.05, 4.69) is 33.4 Å². The molecule has 2 N–H and O–H groups in total. The predicted molar refractivity (Wildman–Crippen MR) is 194 cm³/mol. The Balaban J connectivity index is 1.34. The minimum Gasteiger partial charge on any atom is -0.492 e. The molecule has 0 saturated heterocycles. The van der Waals surface area contributed by atoms with Crippen LogP contribution in [-0.2, 0) is 14.2 Å². The lowest BCUT2D eigenvalue weighted by Gasteiger charge is -2.12. The van der Waals surface area contributed by atoms with Gasteiger partial charge in [-0.2, -0.15) is 0 Å². The van der Waals surface area contributed by atoms with E-state index in [0.29, 0.717) is 43.5 Å². The molecular weight excluding hydrogens is 600 g/mol. The topological polar surface area (TPSA) is 101 Å². The highest BCUT2D eigenvalue weighted by atomic mass is 16.5. The summed E-state index contributed by atoms with van der Waals surface area (Å²) in [5.41, 5.74) is 9.28. The molecule has 1 aromatic heterocycles. The van der Waals surface area contributed by atoms with Gasteiger partial charge in [0.2, 0.25) is 0 Å². The smallest absolute Gasteiger partial charge is 0.137 e. The van der Waals surface area contributed by atoms with Crippen LogP contribution in [0.4, 0.5) is 0 Å². The second kappa shape index (κ2) is 23.0. The standard InChI is InChI=1S/C40H44N4O4/c1-4-23-45-31-39(34-15-9-6-10-16-34)43-28-33(3)19-21-37(27-41)47-25-13-8-14-26-48-38-22-20-36(42-30-38)29-44-40(32-46-24-5-2)35-17-11-7-12-18-35/h1-2,6-7,9-12,15-22,27-30,39-40H,3,8,13-14,23-26,31-32,41H2/b21-19-,37-27+,43-28?,44-29?/t39-,40-/m0/s1. The third-order valence-corrected chi connectivity index (χ3v) is 6.81. The van der Waals surface area contributed by atoms with E-state index in [1.54, 1.807) is 24.7 Å². The van der Waals surface area contributed by atoms with Crippen molar-refractivity contribution in [2.45, 2.75) is 31.3 Å². The monoisotopic (exact) mass is 644 g/mol. The third kappa shape index (κ3) is 14.8. The van der Waals surface area contributed by atoms with Crippen molar-refractivity contribution in [2.75, 3.05) is 39.6 Å². The fourth-order valence-corrected chi connectivity index (χ4v) is 4.31. The van der Waals surface area contributed by atoms with Gasteiger partial charge in [0.05, 0.1) is 50.4 Å². The first-order valence-corrected chi connectivity index (χ1v) is 15.8. The van der Waals surface area contributed by atoms with Crippen LogP contribution in [0, 0.1) is 24.7 Å². The first-order valence-electron chi connectivity index (χ1n) is 15.8. The molecule has 0 aliphatic rings. The van der Waals surface area contributed by atoms with Crippen LogP contribution in [-0.4, -0.2) is 57.1 Å². The molecule has 8 nitrogen and oxygen atoms in total. The highest BCUT2D eigenvalue weighted by Gasteiger charge is 2.10. The number of nitrogens with zero attached hydrogens (tertiary/aromatic N) is 3. The number of unbranched alkanes of at least 4 members (excludes halogenated alkanes) is 2. The average Bonchev–Trinajstić information content (AvgIpc) is 3.13. The number of aromatic nitrogens is 1. The average molecular weight is 645 g/mol. The number of terminal acetylenes is 2. The molecule has 0 radical (unpaired) electrons. The lowest BCUT2D eigenvalue weighted by molar-refractivity contribution is 0.152. The van der Waals surface area contributed by atoms with Gasteiger partial charge in [-0.1, -0.05) is 85.2 Å². The quantitative estimate of drug-likeness (QED) is 0.0423. The predicted octanol–water partition coefficient (Wildman–Crippen LogP) is 6.83. The Morgan fingerprint density at radius 1 is 0.812 bits per heavy atom. The molecule has 3 rings (SSSR count). The maximum absolute atomic E-state index is 5.86. The van der Waals surface area contributed by atoms with Gasteiger partial charge < -0.3 is 24.7 Å². The molecule has 48 heavy (non-hydrogen) atoms. The summed E-state index contributed by atoms with van der Waals surface area (Å²) in [6.07, 6.45) is 23.5. The maximum Gasteiger partial charge on any atom is 0.137 e. The molecule has 2 atom stereocenters. The molecule has 2 aromatic carbocycles. The van der Waals surface area contributed by atoms with E-state index >= 15 is 0 Å². The summed E-state index contributed by atoms with van der Waals surface area (Å²) in [4.78, 5) is 13.8. The molecule has 0 bridgehead atoms. The van der Waals surface area contributed by atoms with Crippen LogP contribution >= 0.6 is 0 Å². The number of pyridine rings is 1. The van der Waals surface area contributed by atoms with Gasteiger partial charge in [0.1, 0.15) is 24.7 Å². The highest BCUT2D eigenvalue weighted by Crippen LogP contribution is 2.19. The summed E-state index contributed by atoms with van der Waals surface area (Å²) in [6.45, 7) is 6.42. The van der Waals surface area contributed by atoms with Gasteiger partial charge in [0.25, 0.3) is 0 Å². The van der Waals surface area contributed by atoms with E-state index in [1.165, 1.54) is 6.20 Å². The van der Waals surface area contributed by atoms with Crippen molar-refractivity contribution in [3.63, 3.8) is 0 Å². The van der Waals surface area contributed by atoms with Gasteiger partial charge >= 0.3 is 0 Å². The summed E-state index contributed by atoms with van der Waals surface area (Å²) in [7, 11) is 0. The van der Waals surface area contributed by atoms with Crippen LogP contribution in [0.1, 0.15) is 48.2 Å². The lowest BCUT2D eigenvalue weighted by Crippen LogP contribution is -2.07. The maximum atomic E-state index is 5.86. The summed E-state index contributed by atoms with van der Waals surface area (Å²) >= 11 is 0. The summed E-state index contributed by atoms with van der Waals surface area (Å²) in [5, 5.41) is 0. The van der Waals surface area contributed by atoms with Gasteiger partial charge in [0, 0.05) is 18.6 Å². The van der Waals surface area contributed by atoms with Gasteiger partial charge in [-0.15, -0.1) is 12.8 Å². The zero-order chi connectivity index (χ0) is 34.1. The van der Waals surface area contributed by atoms with Crippen LogP contribution in [0.25, 0.3) is 0 Å². The second-order valence-corrected chi connectivity index (χ2v) is 10.5. The highest BCUT2D eigenvalue weighted by molar-refractivity contribution is 5.81. The van der Waals surface area contributed by atoms with Crippen molar-refractivity contribution in [1.29, 1.82) is 0 Å². The number of benzene rings is 2. The molecule has 0 spiro atoms. The van der Waals surface area contributed by atoms with Crippen molar-refractivity contribution >= 4 is 12.4 Å². The Kier molecular flexibility index (Phi) is 17.7. The molecule has 0 fully saturated rings. The van der Waals surface area contributed by atoms with Gasteiger partial charge in [-0.05, 0) is 54.2 Å². The van der Waals surface area contributed by atoms with Crippen LogP contribution in [0.15, 0.2) is 125 Å². The summed E-state index contributed by atoms with van der Waals surface area (Å²) in [6, 6.07) is 23.3. The SMILES string of the molecule is C#CCOC[C@H](N=CC(=C)/C=C\C(=C/N)OCCCCCOc1ccc(C=N[C@@H](COCC#C)c2ccccc2)nc1)c1ccccc1. The first kappa shape index (κ1) is 37.1. The molecule has 248 valence electrons. The molecule has 0 amide bonds. The molecule has 3 aromatic rings. The second-order valence-electron chi connectivity index (χ2n) is 10.5. The van der Waals surface area contributed by atoms with E-state index < -0.39 is 0 Å². The number of aliphatic imine (C=N–C) groups is 2. The van der Waals surface area contributed by atoms with E-state index in [-0.39, 0.29) is 25.3 Å². The first-order chi connectivity index (χ1) is 23.6. The Hall–Kier alpha value is -5.41. The minimum atomic E-state index is -0.186. The number of hydrogen-bond acceptors (Lipinski definition) is 8. The van der Waals surface area contributed by atoms with Gasteiger partial charge in [-0.25, -0.2) is 0 Å². The van der Waals surface area contributed by atoms with E-state index in [4.69, 9.17) is 37.5 Å². The molecule has 0 unspecified atom stereocenters. The molecular formula is C40H44N4O4. The number of allylic oxidation sites excluding steroid dienone is 3. The van der Waals surface area contributed by atoms with Crippen LogP contribution < -0.4 is 10.5 Å². The number of rotatable bonds is 22. The largest absolute Gasteiger partial charge is 0.492 e. The normalized spacial score (nSPS) is 12.9. The van der Waals surface area contributed by atoms with E-state index in [1.807, 2.05) is 78.9 Å². The molecule has 0 aliphatic carbocycles. The molecule has 0 aliphatic heterocycles. The molecule has 1 heterocycles. The number of ether oxygens (including phenoxy) is 4. The Bertz CT molecular complexity index is 1550. The molecule has 8 heteroatoms. The minimum absolute atomic E-state index is 0.170. The van der Waals surface area contributed by atoms with Crippen molar-refractivity contribution in [1.82, 2.24) is 4.98 Å². The Morgan fingerprint density at radius 2 is 1.44 bits per heavy atom. The van der Waals surface area contributed by atoms with Crippen molar-refractivity contribution < 1.29 is 18.9 Å². The third-order valence-electron chi connectivity index (χ3n) is 6.81. The summed E-state index contributed by atoms with van der Waals surface area (Å²) < 4.78 is 22.7. The zero-order valence-electron chi connectivity index (χ0n) is 27.3. The lowest BCUT2D eigenvalue weighted by atomic mass is 10.1. The number of nitrogens with two attached hydrogens (primary N) is 1. The Morgan fingerprint density at radius 3 is 2.02 bits per heavy atom. The summed E-state index contributed by atoms with van der Waals surface area (Å²) in [5.74, 6) is 6.23. The van der Waals surface area contributed by atoms with Crippen molar-refractivity contribution in [2.24, 2.45) is 15.7 Å². The Labute approximate surface area is 285 Å². The molecule has 0 saturated carbocycles. The van der Waals surface area contributed by atoms with Crippen LogP contribution in [0.5, 0.6) is 5.75 Å². The van der Waals surface area contributed by atoms with E-state index in [9.17, 15) is 0 Å². The van der Waals surface area contributed by atoms with Crippen molar-refractivity contribution in [3.05, 3.63) is 132 Å². The van der Waals surface area contributed by atoms with Crippen LogP contribution in [0.3, 0.4) is 0 Å². The van der Waals surface area contributed by atoms with Crippen molar-refractivity contribution in [3.8, 4) is 30.4 Å². The number of hydrogen-bond donors (Lipinski definition) is 1. The fraction of sp³-hybridized carbons (Fsp3) is 0.275. The van der Waals surface area contributed by atoms with Gasteiger partial charge in [0.15, 0.2) is 0 Å². The van der Waals surface area contributed by atoms with Crippen LogP contribution in [0.2, 0.25) is 0 Å². The van der Waals surface area contributed by atoms with Gasteiger partial charge in [-0.3, -0.25) is 15.0 Å². The van der Waals surface area contributed by atoms with E-state index in [0.717, 1.165) is 36.1 Å².